The zero-order valence-corrected chi connectivity index (χ0v) is 14.6. The first-order valence-corrected chi connectivity index (χ1v) is 9.09. The number of benzene rings is 2. The molecular weight excluding hydrogens is 331 g/mol. The van der Waals surface area contributed by atoms with Gasteiger partial charge in [0.15, 0.2) is 0 Å². The standard InChI is InChI=1S/C21H21FN2O2/c22-18-9-2-6-16-8-3-12-24(20(16)18)21(26)17-7-1-5-15(13-17)14-23-11-4-10-19(23)25/h1-2,5-7,9,13H,3-4,8,10-12,14H2. The summed E-state index contributed by atoms with van der Waals surface area (Å²) in [4.78, 5) is 28.2. The maximum atomic E-state index is 14.4. The molecule has 5 heteroatoms. The van der Waals surface area contributed by atoms with Crippen molar-refractivity contribution >= 4 is 17.5 Å². The van der Waals surface area contributed by atoms with E-state index in [1.807, 2.05) is 29.2 Å². The molecule has 2 heterocycles. The highest BCUT2D eigenvalue weighted by Crippen LogP contribution is 2.31. The van der Waals surface area contributed by atoms with Crippen molar-refractivity contribution in [3.8, 4) is 0 Å². The molecule has 0 N–H and O–H groups in total. The van der Waals surface area contributed by atoms with Gasteiger partial charge in [-0.2, -0.15) is 0 Å². The lowest BCUT2D eigenvalue weighted by Crippen LogP contribution is -2.36. The monoisotopic (exact) mass is 352 g/mol. The van der Waals surface area contributed by atoms with E-state index in [0.717, 1.165) is 36.9 Å². The first-order valence-electron chi connectivity index (χ1n) is 9.09. The largest absolute Gasteiger partial charge is 0.338 e. The van der Waals surface area contributed by atoms with E-state index in [2.05, 4.69) is 0 Å². The van der Waals surface area contributed by atoms with E-state index in [0.29, 0.717) is 30.8 Å². The molecule has 0 aliphatic carbocycles. The molecule has 0 saturated carbocycles. The predicted molar refractivity (Wildman–Crippen MR) is 97.5 cm³/mol. The van der Waals surface area contributed by atoms with Crippen LogP contribution in [0.15, 0.2) is 42.5 Å². The molecule has 2 aliphatic heterocycles. The quantitative estimate of drug-likeness (QED) is 0.848. The van der Waals surface area contributed by atoms with E-state index in [-0.39, 0.29) is 17.6 Å². The summed E-state index contributed by atoms with van der Waals surface area (Å²) in [6.07, 6.45) is 3.10. The van der Waals surface area contributed by atoms with Gasteiger partial charge >= 0.3 is 0 Å². The second-order valence-corrected chi connectivity index (χ2v) is 6.93. The smallest absolute Gasteiger partial charge is 0.258 e. The predicted octanol–water partition coefficient (Wildman–Crippen LogP) is 3.54. The Morgan fingerprint density at radius 1 is 1.04 bits per heavy atom. The van der Waals surface area contributed by atoms with Crippen LogP contribution in [-0.2, 0) is 17.8 Å². The number of fused-ring (bicyclic) bond motifs is 1. The van der Waals surface area contributed by atoms with Gasteiger partial charge in [-0.1, -0.05) is 24.3 Å². The molecule has 2 amide bonds. The molecule has 2 aliphatic rings. The topological polar surface area (TPSA) is 40.6 Å². The van der Waals surface area contributed by atoms with Crippen LogP contribution >= 0.6 is 0 Å². The summed E-state index contributed by atoms with van der Waals surface area (Å²) < 4.78 is 14.4. The van der Waals surface area contributed by atoms with Crippen LogP contribution in [-0.4, -0.2) is 29.8 Å². The fourth-order valence-electron chi connectivity index (χ4n) is 3.86. The van der Waals surface area contributed by atoms with Gasteiger partial charge in [-0.05, 0) is 48.6 Å². The third-order valence-corrected chi connectivity index (χ3v) is 5.13. The molecule has 0 unspecified atom stereocenters. The van der Waals surface area contributed by atoms with Gasteiger partial charge in [0.25, 0.3) is 5.91 Å². The average molecular weight is 352 g/mol. The van der Waals surface area contributed by atoms with E-state index in [1.165, 1.54) is 6.07 Å². The van der Waals surface area contributed by atoms with Gasteiger partial charge in [-0.15, -0.1) is 0 Å². The Hall–Kier alpha value is -2.69. The van der Waals surface area contributed by atoms with E-state index in [4.69, 9.17) is 0 Å². The Balaban J connectivity index is 1.60. The molecule has 0 aromatic heterocycles. The van der Waals surface area contributed by atoms with Crippen molar-refractivity contribution in [2.75, 3.05) is 18.0 Å². The van der Waals surface area contributed by atoms with Crippen LogP contribution in [0.4, 0.5) is 10.1 Å². The Morgan fingerprint density at radius 2 is 1.85 bits per heavy atom. The summed E-state index contributed by atoms with van der Waals surface area (Å²) in [5, 5.41) is 0. The third kappa shape index (κ3) is 3.09. The lowest BCUT2D eigenvalue weighted by atomic mass is 10.00. The molecule has 2 aromatic carbocycles. The number of halogens is 1. The Labute approximate surface area is 152 Å². The molecule has 0 radical (unpaired) electrons. The number of hydrogen-bond donors (Lipinski definition) is 0. The summed E-state index contributed by atoms with van der Waals surface area (Å²) in [6.45, 7) is 1.80. The number of carbonyl (C=O) groups excluding carboxylic acids is 2. The summed E-state index contributed by atoms with van der Waals surface area (Å²) in [6, 6.07) is 12.3. The number of para-hydroxylation sites is 1. The number of rotatable bonds is 3. The number of carbonyl (C=O) groups is 2. The number of anilines is 1. The van der Waals surface area contributed by atoms with E-state index < -0.39 is 0 Å². The number of likely N-dealkylation sites (tertiary alicyclic amines) is 1. The third-order valence-electron chi connectivity index (χ3n) is 5.13. The van der Waals surface area contributed by atoms with Gasteiger partial charge in [-0.3, -0.25) is 9.59 Å². The van der Waals surface area contributed by atoms with Gasteiger partial charge in [-0.25, -0.2) is 4.39 Å². The minimum Gasteiger partial charge on any atom is -0.338 e. The summed E-state index contributed by atoms with van der Waals surface area (Å²) in [5.41, 5.74) is 2.74. The second-order valence-electron chi connectivity index (χ2n) is 6.93. The molecule has 134 valence electrons. The first kappa shape index (κ1) is 16.8. The van der Waals surface area contributed by atoms with Crippen molar-refractivity contribution in [1.29, 1.82) is 0 Å². The number of nitrogens with zero attached hydrogens (tertiary/aromatic N) is 2. The summed E-state index contributed by atoms with van der Waals surface area (Å²) in [5.74, 6) is -0.381. The van der Waals surface area contributed by atoms with Crippen molar-refractivity contribution in [2.45, 2.75) is 32.2 Å². The maximum absolute atomic E-state index is 14.4. The lowest BCUT2D eigenvalue weighted by molar-refractivity contribution is -0.128. The molecule has 26 heavy (non-hydrogen) atoms. The summed E-state index contributed by atoms with van der Waals surface area (Å²) in [7, 11) is 0. The maximum Gasteiger partial charge on any atom is 0.258 e. The SMILES string of the molecule is O=C1CCCN1Cc1cccc(C(=O)N2CCCc3cccc(F)c32)c1. The molecule has 1 saturated heterocycles. The van der Waals surface area contributed by atoms with Gasteiger partial charge in [0.1, 0.15) is 5.82 Å². The molecular formula is C21H21FN2O2. The van der Waals surface area contributed by atoms with Crippen molar-refractivity contribution in [3.63, 3.8) is 0 Å². The van der Waals surface area contributed by atoms with E-state index >= 15 is 0 Å². The van der Waals surface area contributed by atoms with Crippen LogP contribution in [0.5, 0.6) is 0 Å². The molecule has 0 spiro atoms. The fourth-order valence-corrected chi connectivity index (χ4v) is 3.86. The number of hydrogen-bond acceptors (Lipinski definition) is 2. The second kappa shape index (κ2) is 6.90. The van der Waals surface area contributed by atoms with Crippen LogP contribution in [0.25, 0.3) is 0 Å². The van der Waals surface area contributed by atoms with Gasteiger partial charge in [0, 0.05) is 31.6 Å². The molecule has 1 fully saturated rings. The Morgan fingerprint density at radius 3 is 2.65 bits per heavy atom. The normalized spacial score (nSPS) is 16.7. The lowest BCUT2D eigenvalue weighted by Gasteiger charge is -2.30. The zero-order chi connectivity index (χ0) is 18.1. The molecule has 0 atom stereocenters. The van der Waals surface area contributed by atoms with E-state index in [9.17, 15) is 14.0 Å². The van der Waals surface area contributed by atoms with Gasteiger partial charge < -0.3 is 9.80 Å². The van der Waals surface area contributed by atoms with Crippen molar-refractivity contribution in [1.82, 2.24) is 4.90 Å². The van der Waals surface area contributed by atoms with Crippen molar-refractivity contribution < 1.29 is 14.0 Å². The minimum absolute atomic E-state index is 0.161. The van der Waals surface area contributed by atoms with Gasteiger partial charge in [0.2, 0.25) is 5.91 Å². The minimum atomic E-state index is -0.352. The van der Waals surface area contributed by atoms with E-state index in [1.54, 1.807) is 17.0 Å². The molecule has 2 aromatic rings. The highest BCUT2D eigenvalue weighted by molar-refractivity contribution is 6.07. The number of amides is 2. The van der Waals surface area contributed by atoms with Crippen LogP contribution in [0.2, 0.25) is 0 Å². The highest BCUT2D eigenvalue weighted by atomic mass is 19.1. The van der Waals surface area contributed by atoms with Crippen LogP contribution < -0.4 is 4.90 Å². The van der Waals surface area contributed by atoms with Crippen molar-refractivity contribution in [3.05, 3.63) is 65.0 Å². The molecule has 4 nitrogen and oxygen atoms in total. The first-order chi connectivity index (χ1) is 12.6. The highest BCUT2D eigenvalue weighted by Gasteiger charge is 2.27. The van der Waals surface area contributed by atoms with Gasteiger partial charge in [0.05, 0.1) is 5.69 Å². The number of aryl methyl sites for hydroxylation is 1. The zero-order valence-electron chi connectivity index (χ0n) is 14.6. The van der Waals surface area contributed by atoms with Crippen LogP contribution in [0.3, 0.4) is 0 Å². The molecule has 0 bridgehead atoms. The Bertz CT molecular complexity index is 865. The van der Waals surface area contributed by atoms with Crippen LogP contribution in [0, 0.1) is 5.82 Å². The van der Waals surface area contributed by atoms with Crippen LogP contribution in [0.1, 0.15) is 40.7 Å². The average Bonchev–Trinajstić information content (AvgIpc) is 3.06. The Kier molecular flexibility index (Phi) is 4.45. The van der Waals surface area contributed by atoms with Crippen molar-refractivity contribution in [2.24, 2.45) is 0 Å². The summed E-state index contributed by atoms with van der Waals surface area (Å²) >= 11 is 0. The fraction of sp³-hybridized carbons (Fsp3) is 0.333. The molecule has 4 rings (SSSR count).